The molecule has 1 aliphatic rings. The highest BCUT2D eigenvalue weighted by Gasteiger charge is 2.37. The Morgan fingerprint density at radius 3 is 2.63 bits per heavy atom. The normalized spacial score (nSPS) is 29.1. The Morgan fingerprint density at radius 2 is 2.16 bits per heavy atom. The first-order chi connectivity index (χ1) is 8.71. The zero-order chi connectivity index (χ0) is 14.7. The maximum absolute atomic E-state index is 12.4. The first-order valence-corrected chi connectivity index (χ1v) is 6.93. The van der Waals surface area contributed by atoms with Crippen LogP contribution >= 0.6 is 0 Å². The average Bonchev–Trinajstić information content (AvgIpc) is 2.26. The van der Waals surface area contributed by atoms with Crippen LogP contribution in [0.2, 0.25) is 0 Å². The fourth-order valence-electron chi connectivity index (χ4n) is 3.30. The molecule has 0 bridgehead atoms. The quantitative estimate of drug-likeness (QED) is 0.850. The van der Waals surface area contributed by atoms with E-state index in [1.165, 1.54) is 7.11 Å². The predicted molar refractivity (Wildman–Crippen MR) is 74.3 cm³/mol. The fourth-order valence-corrected chi connectivity index (χ4v) is 3.30. The van der Waals surface area contributed by atoms with Gasteiger partial charge in [0.15, 0.2) is 0 Å². The molecule has 4 nitrogen and oxygen atoms in total. The summed E-state index contributed by atoms with van der Waals surface area (Å²) in [4.78, 5) is 12.4. The van der Waals surface area contributed by atoms with Crippen molar-refractivity contribution in [2.24, 2.45) is 17.3 Å². The number of carbonyl (C=O) groups excluding carboxylic acids is 1. The Kier molecular flexibility index (Phi) is 4.98. The number of hydrogen-bond acceptors (Lipinski definition) is 3. The molecule has 0 aromatic rings. The maximum atomic E-state index is 12.4. The summed E-state index contributed by atoms with van der Waals surface area (Å²) in [5.74, 6) is 0.541. The van der Waals surface area contributed by atoms with E-state index in [9.17, 15) is 10.1 Å². The molecule has 0 radical (unpaired) electrons. The van der Waals surface area contributed by atoms with Gasteiger partial charge in [0.05, 0.1) is 12.7 Å². The molecule has 1 saturated carbocycles. The lowest BCUT2D eigenvalue weighted by molar-refractivity contribution is -0.129. The van der Waals surface area contributed by atoms with Gasteiger partial charge in [0, 0.05) is 13.0 Å². The summed E-state index contributed by atoms with van der Waals surface area (Å²) >= 11 is 0. The standard InChI is InChI=1S/C15H26N2O2/c1-11-6-12(8-14(2,3)7-11)13(18)17-15(4,9-16)10-19-5/h11-12H,6-8,10H2,1-5H3,(H,17,18)/t11-,12+,15-/m0/s1. The van der Waals surface area contributed by atoms with E-state index in [2.05, 4.69) is 32.2 Å². The van der Waals surface area contributed by atoms with Gasteiger partial charge in [0.1, 0.15) is 5.54 Å². The monoisotopic (exact) mass is 266 g/mol. The van der Waals surface area contributed by atoms with Crippen molar-refractivity contribution in [2.75, 3.05) is 13.7 Å². The highest BCUT2D eigenvalue weighted by Crippen LogP contribution is 2.41. The number of ether oxygens (including phenoxy) is 1. The van der Waals surface area contributed by atoms with E-state index in [-0.39, 0.29) is 23.8 Å². The second-order valence-corrected chi connectivity index (χ2v) is 6.98. The minimum atomic E-state index is -0.934. The van der Waals surface area contributed by atoms with Gasteiger partial charge in [-0.3, -0.25) is 4.79 Å². The molecule has 0 saturated heterocycles. The maximum Gasteiger partial charge on any atom is 0.224 e. The summed E-state index contributed by atoms with van der Waals surface area (Å²) in [7, 11) is 1.54. The molecule has 1 rings (SSSR count). The zero-order valence-corrected chi connectivity index (χ0v) is 12.7. The van der Waals surface area contributed by atoms with Gasteiger partial charge < -0.3 is 10.1 Å². The van der Waals surface area contributed by atoms with Gasteiger partial charge in [-0.1, -0.05) is 20.8 Å². The Labute approximate surface area is 116 Å². The minimum absolute atomic E-state index is 0.00304. The fraction of sp³-hybridized carbons (Fsp3) is 0.867. The topological polar surface area (TPSA) is 62.1 Å². The molecule has 0 aromatic carbocycles. The van der Waals surface area contributed by atoms with Gasteiger partial charge in [-0.15, -0.1) is 0 Å². The van der Waals surface area contributed by atoms with Gasteiger partial charge in [0.2, 0.25) is 5.91 Å². The van der Waals surface area contributed by atoms with E-state index in [0.717, 1.165) is 19.3 Å². The third-order valence-corrected chi connectivity index (χ3v) is 3.84. The van der Waals surface area contributed by atoms with E-state index < -0.39 is 5.54 Å². The van der Waals surface area contributed by atoms with Crippen LogP contribution in [0.1, 0.15) is 47.0 Å². The second-order valence-electron chi connectivity index (χ2n) is 6.98. The largest absolute Gasteiger partial charge is 0.381 e. The van der Waals surface area contributed by atoms with Gasteiger partial charge in [-0.25, -0.2) is 0 Å². The molecule has 0 heterocycles. The van der Waals surface area contributed by atoms with Crippen molar-refractivity contribution in [3.05, 3.63) is 0 Å². The Balaban J connectivity index is 2.70. The average molecular weight is 266 g/mol. The number of amides is 1. The van der Waals surface area contributed by atoms with E-state index >= 15 is 0 Å². The molecule has 4 heteroatoms. The van der Waals surface area contributed by atoms with Crippen molar-refractivity contribution in [1.82, 2.24) is 5.32 Å². The number of carbonyl (C=O) groups is 1. The molecule has 19 heavy (non-hydrogen) atoms. The SMILES string of the molecule is COC[C@](C)(C#N)NC(=O)[C@@H]1C[C@H](C)CC(C)(C)C1. The molecule has 1 amide bonds. The summed E-state index contributed by atoms with van der Waals surface area (Å²) < 4.78 is 5.01. The zero-order valence-electron chi connectivity index (χ0n) is 12.7. The molecule has 3 atom stereocenters. The third-order valence-electron chi connectivity index (χ3n) is 3.84. The minimum Gasteiger partial charge on any atom is -0.381 e. The molecule has 1 N–H and O–H groups in total. The Bertz CT molecular complexity index is 373. The van der Waals surface area contributed by atoms with Crippen LogP contribution in [0.15, 0.2) is 0 Å². The molecule has 0 unspecified atom stereocenters. The highest BCUT2D eigenvalue weighted by atomic mass is 16.5. The lowest BCUT2D eigenvalue weighted by Gasteiger charge is -2.39. The van der Waals surface area contributed by atoms with Crippen molar-refractivity contribution in [2.45, 2.75) is 52.5 Å². The van der Waals surface area contributed by atoms with Crippen LogP contribution in [0.25, 0.3) is 0 Å². The van der Waals surface area contributed by atoms with Crippen LogP contribution in [0, 0.1) is 28.6 Å². The number of rotatable bonds is 4. The first-order valence-electron chi connectivity index (χ1n) is 6.93. The lowest BCUT2D eigenvalue weighted by atomic mass is 9.67. The lowest BCUT2D eigenvalue weighted by Crippen LogP contribution is -2.51. The summed E-state index contributed by atoms with van der Waals surface area (Å²) in [6.45, 7) is 8.52. The van der Waals surface area contributed by atoms with Crippen LogP contribution in [-0.4, -0.2) is 25.2 Å². The molecule has 0 aromatic heterocycles. The van der Waals surface area contributed by atoms with Gasteiger partial charge in [-0.2, -0.15) is 5.26 Å². The number of hydrogen-bond donors (Lipinski definition) is 1. The Hall–Kier alpha value is -1.08. The summed E-state index contributed by atoms with van der Waals surface area (Å²) in [6.07, 6.45) is 2.95. The van der Waals surface area contributed by atoms with E-state index in [0.29, 0.717) is 5.92 Å². The number of methoxy groups -OCH3 is 1. The smallest absolute Gasteiger partial charge is 0.224 e. The van der Waals surface area contributed by atoms with Gasteiger partial charge >= 0.3 is 0 Å². The van der Waals surface area contributed by atoms with Crippen LogP contribution in [0.5, 0.6) is 0 Å². The molecular formula is C15H26N2O2. The molecule has 1 aliphatic carbocycles. The van der Waals surface area contributed by atoms with E-state index in [1.54, 1.807) is 6.92 Å². The van der Waals surface area contributed by atoms with E-state index in [4.69, 9.17) is 4.74 Å². The van der Waals surface area contributed by atoms with Crippen molar-refractivity contribution in [1.29, 1.82) is 5.26 Å². The summed E-state index contributed by atoms with van der Waals surface area (Å²) in [5, 5.41) is 12.0. The number of nitriles is 1. The molecule has 0 spiro atoms. The predicted octanol–water partition coefficient (Wildman–Crippen LogP) is 2.49. The Morgan fingerprint density at radius 1 is 1.53 bits per heavy atom. The third kappa shape index (κ3) is 4.50. The molecule has 0 aliphatic heterocycles. The summed E-state index contributed by atoms with van der Waals surface area (Å²) in [6, 6.07) is 2.12. The van der Waals surface area contributed by atoms with Crippen molar-refractivity contribution in [3.8, 4) is 6.07 Å². The second kappa shape index (κ2) is 5.92. The molecule has 108 valence electrons. The van der Waals surface area contributed by atoms with Crippen LogP contribution < -0.4 is 5.32 Å². The number of nitrogens with one attached hydrogen (secondary N) is 1. The first kappa shape index (κ1) is 16.0. The van der Waals surface area contributed by atoms with E-state index in [1.807, 2.05) is 0 Å². The van der Waals surface area contributed by atoms with Crippen molar-refractivity contribution >= 4 is 5.91 Å². The highest BCUT2D eigenvalue weighted by molar-refractivity contribution is 5.80. The van der Waals surface area contributed by atoms with Crippen LogP contribution in [-0.2, 0) is 9.53 Å². The van der Waals surface area contributed by atoms with Gasteiger partial charge in [0.25, 0.3) is 0 Å². The summed E-state index contributed by atoms with van der Waals surface area (Å²) in [5.41, 5.74) is -0.735. The van der Waals surface area contributed by atoms with Crippen molar-refractivity contribution in [3.63, 3.8) is 0 Å². The van der Waals surface area contributed by atoms with Gasteiger partial charge in [-0.05, 0) is 37.5 Å². The molecule has 1 fully saturated rings. The molecular weight excluding hydrogens is 240 g/mol. The van der Waals surface area contributed by atoms with Crippen molar-refractivity contribution < 1.29 is 9.53 Å². The van der Waals surface area contributed by atoms with Crippen LogP contribution in [0.3, 0.4) is 0 Å². The van der Waals surface area contributed by atoms with Crippen LogP contribution in [0.4, 0.5) is 0 Å². The number of nitrogens with zero attached hydrogens (tertiary/aromatic N) is 1.